The quantitative estimate of drug-likeness (QED) is 0.644. The molecule has 25 heavy (non-hydrogen) atoms. The standard InChI is InChI=1S/C20H28N2O2S/c1-15(2)20(22-25(24)18-11-9-16(3)10-12-18)19(14-23)21-13-17-7-5-4-6-8-17/h4-12,15,19-23H,13-14H2,1-3H3/t19-,20-,25?/m1/s1. The van der Waals surface area contributed by atoms with Crippen LogP contribution in [-0.4, -0.2) is 28.0 Å². The van der Waals surface area contributed by atoms with Crippen LogP contribution < -0.4 is 10.0 Å². The van der Waals surface area contributed by atoms with E-state index < -0.39 is 11.0 Å². The molecule has 0 aliphatic carbocycles. The molecule has 4 nitrogen and oxygen atoms in total. The predicted molar refractivity (Wildman–Crippen MR) is 104 cm³/mol. The minimum atomic E-state index is -1.31. The maximum absolute atomic E-state index is 12.7. The summed E-state index contributed by atoms with van der Waals surface area (Å²) in [4.78, 5) is 0.746. The lowest BCUT2D eigenvalue weighted by molar-refractivity contribution is 0.199. The van der Waals surface area contributed by atoms with Crippen LogP contribution in [0.4, 0.5) is 0 Å². The summed E-state index contributed by atoms with van der Waals surface area (Å²) in [6.45, 7) is 6.78. The van der Waals surface area contributed by atoms with E-state index in [-0.39, 0.29) is 24.6 Å². The van der Waals surface area contributed by atoms with Crippen molar-refractivity contribution in [2.75, 3.05) is 6.61 Å². The molecule has 2 aromatic carbocycles. The van der Waals surface area contributed by atoms with Gasteiger partial charge >= 0.3 is 0 Å². The molecule has 0 spiro atoms. The third-order valence-corrected chi connectivity index (χ3v) is 5.42. The second-order valence-electron chi connectivity index (χ2n) is 6.62. The molecule has 0 heterocycles. The third kappa shape index (κ3) is 6.04. The fraction of sp³-hybridized carbons (Fsp3) is 0.400. The molecule has 0 bridgehead atoms. The highest BCUT2D eigenvalue weighted by Gasteiger charge is 2.25. The summed E-state index contributed by atoms with van der Waals surface area (Å²) in [6.07, 6.45) is 0. The van der Waals surface area contributed by atoms with Gasteiger partial charge in [-0.1, -0.05) is 61.9 Å². The van der Waals surface area contributed by atoms with Crippen LogP contribution >= 0.6 is 0 Å². The first-order valence-electron chi connectivity index (χ1n) is 8.64. The Morgan fingerprint density at radius 2 is 1.68 bits per heavy atom. The molecular formula is C20H28N2O2S. The molecule has 0 aliphatic rings. The average molecular weight is 361 g/mol. The van der Waals surface area contributed by atoms with Gasteiger partial charge in [0.25, 0.3) is 0 Å². The van der Waals surface area contributed by atoms with E-state index in [2.05, 4.69) is 23.9 Å². The van der Waals surface area contributed by atoms with Gasteiger partial charge < -0.3 is 10.4 Å². The molecule has 0 aliphatic heterocycles. The Morgan fingerprint density at radius 1 is 1.04 bits per heavy atom. The van der Waals surface area contributed by atoms with Gasteiger partial charge in [-0.2, -0.15) is 0 Å². The summed E-state index contributed by atoms with van der Waals surface area (Å²) in [5.74, 6) is 0.217. The number of rotatable bonds is 9. The monoisotopic (exact) mass is 360 g/mol. The Morgan fingerprint density at radius 3 is 2.24 bits per heavy atom. The number of nitrogens with one attached hydrogen (secondary N) is 2. The lowest BCUT2D eigenvalue weighted by Crippen LogP contribution is -2.53. The van der Waals surface area contributed by atoms with E-state index in [1.165, 1.54) is 0 Å². The zero-order valence-electron chi connectivity index (χ0n) is 15.1. The molecule has 2 aromatic rings. The lowest BCUT2D eigenvalue weighted by Gasteiger charge is -2.30. The van der Waals surface area contributed by atoms with Crippen LogP contribution in [0.25, 0.3) is 0 Å². The molecule has 1 unspecified atom stereocenters. The van der Waals surface area contributed by atoms with E-state index in [1.807, 2.05) is 61.5 Å². The van der Waals surface area contributed by atoms with Crippen LogP contribution in [0.15, 0.2) is 59.5 Å². The molecule has 0 saturated carbocycles. The fourth-order valence-corrected chi connectivity index (χ4v) is 3.89. The van der Waals surface area contributed by atoms with E-state index in [4.69, 9.17) is 0 Å². The van der Waals surface area contributed by atoms with Gasteiger partial charge in [0, 0.05) is 18.6 Å². The van der Waals surface area contributed by atoms with Crippen molar-refractivity contribution >= 4 is 11.0 Å². The fourth-order valence-electron chi connectivity index (χ4n) is 2.69. The van der Waals surface area contributed by atoms with Crippen molar-refractivity contribution in [2.24, 2.45) is 5.92 Å². The Labute approximate surface area is 153 Å². The van der Waals surface area contributed by atoms with Crippen LogP contribution in [-0.2, 0) is 17.5 Å². The predicted octanol–water partition coefficient (Wildman–Crippen LogP) is 2.78. The summed E-state index contributed by atoms with van der Waals surface area (Å²) < 4.78 is 15.8. The van der Waals surface area contributed by atoms with Crippen LogP contribution in [0.3, 0.4) is 0 Å². The van der Waals surface area contributed by atoms with E-state index in [0.717, 1.165) is 16.0 Å². The summed E-state index contributed by atoms with van der Waals surface area (Å²) in [5, 5.41) is 13.2. The number of aliphatic hydroxyl groups is 1. The largest absolute Gasteiger partial charge is 0.395 e. The van der Waals surface area contributed by atoms with Crippen LogP contribution in [0.1, 0.15) is 25.0 Å². The van der Waals surface area contributed by atoms with Gasteiger partial charge in [-0.15, -0.1) is 0 Å². The first-order valence-corrected chi connectivity index (χ1v) is 9.79. The van der Waals surface area contributed by atoms with Gasteiger partial charge in [0.1, 0.15) is 11.0 Å². The smallest absolute Gasteiger partial charge is 0.125 e. The number of hydrogen-bond donors (Lipinski definition) is 3. The van der Waals surface area contributed by atoms with Crippen molar-refractivity contribution in [3.63, 3.8) is 0 Å². The molecular weight excluding hydrogens is 332 g/mol. The summed E-state index contributed by atoms with van der Waals surface area (Å²) in [7, 11) is -1.31. The van der Waals surface area contributed by atoms with Gasteiger partial charge in [0.05, 0.1) is 11.5 Å². The van der Waals surface area contributed by atoms with Crippen molar-refractivity contribution in [2.45, 2.75) is 44.3 Å². The molecule has 0 radical (unpaired) electrons. The Balaban J connectivity index is 2.03. The zero-order chi connectivity index (χ0) is 18.2. The first kappa shape index (κ1) is 19.8. The van der Waals surface area contributed by atoms with Crippen molar-refractivity contribution in [1.29, 1.82) is 0 Å². The second kappa shape index (κ2) is 9.82. The Kier molecular flexibility index (Phi) is 7.78. The maximum Gasteiger partial charge on any atom is 0.125 e. The number of benzene rings is 2. The third-order valence-electron chi connectivity index (χ3n) is 4.24. The molecule has 0 aromatic heterocycles. The van der Waals surface area contributed by atoms with Crippen molar-refractivity contribution < 1.29 is 9.32 Å². The maximum atomic E-state index is 12.7. The SMILES string of the molecule is Cc1ccc(S(=O)N[C@H](C(C)C)[C@@H](CO)NCc2ccccc2)cc1. The molecule has 2 rings (SSSR count). The normalized spacial score (nSPS) is 15.1. The first-order chi connectivity index (χ1) is 12.0. The highest BCUT2D eigenvalue weighted by molar-refractivity contribution is 7.83. The number of hydrogen-bond acceptors (Lipinski definition) is 3. The van der Waals surface area contributed by atoms with Crippen LogP contribution in [0, 0.1) is 12.8 Å². The van der Waals surface area contributed by atoms with Gasteiger partial charge in [-0.05, 0) is 30.5 Å². The van der Waals surface area contributed by atoms with Crippen molar-refractivity contribution in [3.05, 3.63) is 65.7 Å². The zero-order valence-corrected chi connectivity index (χ0v) is 15.9. The second-order valence-corrected chi connectivity index (χ2v) is 7.87. The van der Waals surface area contributed by atoms with Gasteiger partial charge in [0.15, 0.2) is 0 Å². The minimum absolute atomic E-state index is 0.0201. The average Bonchev–Trinajstić information content (AvgIpc) is 2.62. The summed E-state index contributed by atoms with van der Waals surface area (Å²) in [6, 6.07) is 17.4. The molecule has 0 saturated heterocycles. The summed E-state index contributed by atoms with van der Waals surface area (Å²) in [5.41, 5.74) is 2.29. The molecule has 0 fully saturated rings. The minimum Gasteiger partial charge on any atom is -0.395 e. The Bertz CT molecular complexity index is 659. The van der Waals surface area contributed by atoms with Crippen LogP contribution in [0.5, 0.6) is 0 Å². The molecule has 3 N–H and O–H groups in total. The van der Waals surface area contributed by atoms with Gasteiger partial charge in [-0.25, -0.2) is 8.93 Å². The van der Waals surface area contributed by atoms with E-state index in [1.54, 1.807) is 0 Å². The van der Waals surface area contributed by atoms with E-state index >= 15 is 0 Å². The number of aliphatic hydroxyl groups excluding tert-OH is 1. The van der Waals surface area contributed by atoms with Crippen molar-refractivity contribution in [1.82, 2.24) is 10.0 Å². The highest BCUT2D eigenvalue weighted by Crippen LogP contribution is 2.13. The number of aryl methyl sites for hydroxylation is 1. The lowest BCUT2D eigenvalue weighted by atomic mass is 9.97. The van der Waals surface area contributed by atoms with Gasteiger partial charge in [0.2, 0.25) is 0 Å². The Hall–Kier alpha value is -1.53. The summed E-state index contributed by atoms with van der Waals surface area (Å²) >= 11 is 0. The molecule has 0 amide bonds. The van der Waals surface area contributed by atoms with Crippen molar-refractivity contribution in [3.8, 4) is 0 Å². The van der Waals surface area contributed by atoms with Crippen LogP contribution in [0.2, 0.25) is 0 Å². The molecule has 3 atom stereocenters. The van der Waals surface area contributed by atoms with E-state index in [9.17, 15) is 9.32 Å². The van der Waals surface area contributed by atoms with Gasteiger partial charge in [-0.3, -0.25) is 0 Å². The molecule has 5 heteroatoms. The highest BCUT2D eigenvalue weighted by atomic mass is 32.2. The molecule has 136 valence electrons. The topological polar surface area (TPSA) is 61.4 Å². The van der Waals surface area contributed by atoms with E-state index in [0.29, 0.717) is 6.54 Å².